The number of benzene rings is 1. The van der Waals surface area contributed by atoms with E-state index in [1.807, 2.05) is 24.3 Å². The monoisotopic (exact) mass is 494 g/mol. The number of amides is 2. The number of carbonyl (C=O) groups is 2. The fraction of sp³-hybridized carbons (Fsp3) is 0.536. The Morgan fingerprint density at radius 2 is 1.78 bits per heavy atom. The average molecular weight is 495 g/mol. The molecule has 1 aromatic heterocycles. The highest BCUT2D eigenvalue weighted by Gasteiger charge is 2.44. The maximum Gasteiger partial charge on any atom is 0.248 e. The zero-order valence-electron chi connectivity index (χ0n) is 21.4. The van der Waals surface area contributed by atoms with Crippen molar-refractivity contribution in [1.29, 1.82) is 0 Å². The van der Waals surface area contributed by atoms with Crippen molar-refractivity contribution in [3.63, 3.8) is 0 Å². The molecule has 2 aliphatic rings. The second kappa shape index (κ2) is 11.1. The van der Waals surface area contributed by atoms with E-state index in [9.17, 15) is 19.8 Å². The van der Waals surface area contributed by atoms with E-state index in [1.165, 1.54) is 4.90 Å². The zero-order valence-corrected chi connectivity index (χ0v) is 21.4. The van der Waals surface area contributed by atoms with Crippen LogP contribution in [0.5, 0.6) is 0 Å². The molecule has 4 atom stereocenters. The Bertz CT molecular complexity index is 1030. The van der Waals surface area contributed by atoms with Crippen LogP contribution in [0.3, 0.4) is 0 Å². The quantitative estimate of drug-likeness (QED) is 0.491. The molecule has 194 valence electrons. The summed E-state index contributed by atoms with van der Waals surface area (Å²) >= 11 is 0. The van der Waals surface area contributed by atoms with E-state index in [4.69, 9.17) is 0 Å². The Hall–Kier alpha value is -2.81. The van der Waals surface area contributed by atoms with Crippen LogP contribution in [0.15, 0.2) is 48.8 Å². The molecule has 4 rings (SSSR count). The smallest absolute Gasteiger partial charge is 0.248 e. The van der Waals surface area contributed by atoms with Crippen LogP contribution in [-0.2, 0) is 15.0 Å². The molecule has 0 radical (unpaired) electrons. The molecule has 1 aromatic carbocycles. The second-order valence-electron chi connectivity index (χ2n) is 11.0. The topological polar surface area (TPSA) is 115 Å². The van der Waals surface area contributed by atoms with Crippen LogP contribution >= 0.6 is 0 Å². The van der Waals surface area contributed by atoms with E-state index >= 15 is 0 Å². The number of aromatic nitrogens is 1. The molecule has 4 unspecified atom stereocenters. The molecule has 2 fully saturated rings. The lowest BCUT2D eigenvalue weighted by Gasteiger charge is -2.35. The van der Waals surface area contributed by atoms with E-state index in [-0.39, 0.29) is 23.9 Å². The number of nitrogens with one attached hydrogen (secondary N) is 2. The molecule has 2 amide bonds. The number of hydrogen-bond acceptors (Lipinski definition) is 6. The molecule has 2 heterocycles. The summed E-state index contributed by atoms with van der Waals surface area (Å²) in [5.74, 6) is -0.758. The zero-order chi connectivity index (χ0) is 25.9. The Morgan fingerprint density at radius 1 is 1.08 bits per heavy atom. The number of aliphatic hydroxyl groups excluding tert-OH is 2. The summed E-state index contributed by atoms with van der Waals surface area (Å²) in [7, 11) is 0. The molecule has 1 saturated carbocycles. The summed E-state index contributed by atoms with van der Waals surface area (Å²) < 4.78 is 0. The minimum atomic E-state index is -1.27. The van der Waals surface area contributed by atoms with Gasteiger partial charge in [0.2, 0.25) is 11.8 Å². The predicted molar refractivity (Wildman–Crippen MR) is 138 cm³/mol. The lowest BCUT2D eigenvalue weighted by atomic mass is 9.87. The molecular formula is C28H38N4O4. The maximum atomic E-state index is 14.0. The van der Waals surface area contributed by atoms with Crippen molar-refractivity contribution in [3.05, 3.63) is 59.9 Å². The summed E-state index contributed by atoms with van der Waals surface area (Å²) in [5.41, 5.74) is 2.13. The highest BCUT2D eigenvalue weighted by atomic mass is 16.3. The maximum absolute atomic E-state index is 14.0. The van der Waals surface area contributed by atoms with Crippen LogP contribution in [0.4, 0.5) is 5.69 Å². The van der Waals surface area contributed by atoms with Gasteiger partial charge in [0, 0.05) is 36.2 Å². The van der Waals surface area contributed by atoms with Crippen molar-refractivity contribution in [2.75, 3.05) is 11.4 Å². The molecular weight excluding hydrogens is 456 g/mol. The van der Waals surface area contributed by atoms with Crippen LogP contribution < -0.4 is 15.5 Å². The van der Waals surface area contributed by atoms with Gasteiger partial charge in [0.15, 0.2) is 0 Å². The standard InChI is InChI=1S/C28H38N4O4/c1-28(2,3)19-11-13-21(14-12-19)32(27(36)23-25(34)22(33)17-30-23)24(18-8-7-15-29-16-18)26(35)31-20-9-5-4-6-10-20/h7-8,11-16,20,22-25,30,33-34H,4-6,9-10,17H2,1-3H3,(H,31,35). The number of β-amino-alcohol motifs (C(OH)–C–C–N with tert-alkyl or cyclic N) is 1. The summed E-state index contributed by atoms with van der Waals surface area (Å²) in [5, 5.41) is 26.8. The summed E-state index contributed by atoms with van der Waals surface area (Å²) in [6.07, 6.45) is 6.01. The van der Waals surface area contributed by atoms with Crippen LogP contribution in [0.2, 0.25) is 0 Å². The fourth-order valence-electron chi connectivity index (χ4n) is 5.10. The van der Waals surface area contributed by atoms with Crippen LogP contribution in [0.1, 0.15) is 70.0 Å². The summed E-state index contributed by atoms with van der Waals surface area (Å²) in [6.45, 7) is 6.43. The van der Waals surface area contributed by atoms with Gasteiger partial charge in [0.05, 0.1) is 6.10 Å². The van der Waals surface area contributed by atoms with E-state index < -0.39 is 30.2 Å². The number of hydrogen-bond donors (Lipinski definition) is 4. The lowest BCUT2D eigenvalue weighted by Crippen LogP contribution is -2.54. The van der Waals surface area contributed by atoms with Crippen LogP contribution in [0.25, 0.3) is 0 Å². The van der Waals surface area contributed by atoms with Crippen molar-refractivity contribution in [3.8, 4) is 0 Å². The fourth-order valence-corrected chi connectivity index (χ4v) is 5.10. The third-order valence-electron chi connectivity index (χ3n) is 7.26. The third-order valence-corrected chi connectivity index (χ3v) is 7.26. The molecule has 1 saturated heterocycles. The number of nitrogens with zero attached hydrogens (tertiary/aromatic N) is 2. The van der Waals surface area contributed by atoms with Gasteiger partial charge in [0.25, 0.3) is 0 Å². The number of rotatable bonds is 6. The minimum absolute atomic E-state index is 0.0580. The molecule has 0 spiro atoms. The Kier molecular flexibility index (Phi) is 8.07. The van der Waals surface area contributed by atoms with Crippen LogP contribution in [-0.4, -0.2) is 57.8 Å². The van der Waals surface area contributed by atoms with Gasteiger partial charge < -0.3 is 20.8 Å². The first-order valence-corrected chi connectivity index (χ1v) is 12.9. The number of carbonyl (C=O) groups excluding carboxylic acids is 2. The molecule has 8 nitrogen and oxygen atoms in total. The average Bonchev–Trinajstić information content (AvgIpc) is 3.20. The molecule has 36 heavy (non-hydrogen) atoms. The number of anilines is 1. The van der Waals surface area contributed by atoms with Gasteiger partial charge in [-0.05, 0) is 42.0 Å². The molecule has 0 bridgehead atoms. The van der Waals surface area contributed by atoms with Crippen molar-refractivity contribution in [2.24, 2.45) is 0 Å². The highest BCUT2D eigenvalue weighted by Crippen LogP contribution is 2.32. The summed E-state index contributed by atoms with van der Waals surface area (Å²) in [4.78, 5) is 33.5. The first-order chi connectivity index (χ1) is 17.2. The molecule has 1 aliphatic carbocycles. The van der Waals surface area contributed by atoms with Gasteiger partial charge in [-0.3, -0.25) is 19.5 Å². The van der Waals surface area contributed by atoms with Gasteiger partial charge in [0.1, 0.15) is 18.2 Å². The number of pyridine rings is 1. The van der Waals surface area contributed by atoms with Crippen LogP contribution in [0, 0.1) is 0 Å². The molecule has 4 N–H and O–H groups in total. The van der Waals surface area contributed by atoms with Crippen molar-refractivity contribution in [1.82, 2.24) is 15.6 Å². The second-order valence-corrected chi connectivity index (χ2v) is 11.0. The SMILES string of the molecule is CC(C)(C)c1ccc(N(C(=O)C2NCC(O)C2O)C(C(=O)NC2CCCCC2)c2cccnc2)cc1. The minimum Gasteiger partial charge on any atom is -0.389 e. The van der Waals surface area contributed by atoms with Gasteiger partial charge >= 0.3 is 0 Å². The van der Waals surface area contributed by atoms with Gasteiger partial charge in [-0.1, -0.05) is 58.2 Å². The third kappa shape index (κ3) is 5.77. The largest absolute Gasteiger partial charge is 0.389 e. The van der Waals surface area contributed by atoms with E-state index in [1.54, 1.807) is 24.5 Å². The Balaban J connectivity index is 1.76. The van der Waals surface area contributed by atoms with Crippen molar-refractivity contribution >= 4 is 17.5 Å². The van der Waals surface area contributed by atoms with E-state index in [0.717, 1.165) is 37.7 Å². The first-order valence-electron chi connectivity index (χ1n) is 12.9. The van der Waals surface area contributed by atoms with E-state index in [2.05, 4.69) is 36.4 Å². The van der Waals surface area contributed by atoms with Gasteiger partial charge in [-0.2, -0.15) is 0 Å². The molecule has 8 heteroatoms. The van der Waals surface area contributed by atoms with Crippen molar-refractivity contribution < 1.29 is 19.8 Å². The lowest BCUT2D eigenvalue weighted by molar-refractivity contribution is -0.129. The summed E-state index contributed by atoms with van der Waals surface area (Å²) in [6, 6.07) is 9.17. The van der Waals surface area contributed by atoms with Gasteiger partial charge in [-0.15, -0.1) is 0 Å². The molecule has 1 aliphatic heterocycles. The van der Waals surface area contributed by atoms with Crippen molar-refractivity contribution in [2.45, 2.75) is 88.6 Å². The highest BCUT2D eigenvalue weighted by molar-refractivity contribution is 6.04. The molecule has 2 aromatic rings. The Morgan fingerprint density at radius 3 is 2.33 bits per heavy atom. The predicted octanol–water partition coefficient (Wildman–Crippen LogP) is 2.60. The number of aliphatic hydroxyl groups is 2. The first kappa shape index (κ1) is 26.3. The van der Waals surface area contributed by atoms with E-state index in [0.29, 0.717) is 11.3 Å². The Labute approximate surface area is 213 Å². The van der Waals surface area contributed by atoms with Gasteiger partial charge in [-0.25, -0.2) is 0 Å². The normalized spacial score (nSPS) is 23.8.